The second kappa shape index (κ2) is 3.06. The Hall–Kier alpha value is -0.893. The average Bonchev–Trinajstić information content (AvgIpc) is 2.44. The third kappa shape index (κ3) is 1.44. The van der Waals surface area contributed by atoms with E-state index in [0.717, 1.165) is 12.0 Å². The van der Waals surface area contributed by atoms with E-state index in [1.165, 1.54) is 5.56 Å². The van der Waals surface area contributed by atoms with Gasteiger partial charge in [0.25, 0.3) is 0 Å². The van der Waals surface area contributed by atoms with Crippen molar-refractivity contribution in [3.8, 4) is 0 Å². The van der Waals surface area contributed by atoms with Gasteiger partial charge in [-0.15, -0.1) is 0 Å². The van der Waals surface area contributed by atoms with E-state index >= 15 is 0 Å². The van der Waals surface area contributed by atoms with Gasteiger partial charge in [0.2, 0.25) is 0 Å². The molecule has 0 saturated heterocycles. The van der Waals surface area contributed by atoms with E-state index < -0.39 is 8.07 Å². The molecule has 0 amide bonds. The van der Waals surface area contributed by atoms with Crippen molar-refractivity contribution < 1.29 is 4.79 Å². The van der Waals surface area contributed by atoms with Gasteiger partial charge in [-0.1, -0.05) is 43.9 Å². The van der Waals surface area contributed by atoms with Crippen molar-refractivity contribution >= 4 is 13.9 Å². The molecule has 0 spiro atoms. The van der Waals surface area contributed by atoms with Gasteiger partial charge in [-0.25, -0.2) is 0 Å². The second-order valence-corrected chi connectivity index (χ2v) is 10.6. The number of benzene rings is 1. The molecule has 0 saturated carbocycles. The smallest absolute Gasteiger partial charge is 0.163 e. The zero-order chi connectivity index (χ0) is 10.3. The van der Waals surface area contributed by atoms with Crippen molar-refractivity contribution in [1.82, 2.24) is 0 Å². The van der Waals surface area contributed by atoms with Crippen LogP contribution in [0.25, 0.3) is 0 Å². The first-order chi connectivity index (χ1) is 6.50. The summed E-state index contributed by atoms with van der Waals surface area (Å²) in [6.07, 6.45) is 0.745. The molecule has 1 aromatic rings. The maximum absolute atomic E-state index is 11.7. The number of ketones is 1. The molecule has 0 fully saturated rings. The van der Waals surface area contributed by atoms with Gasteiger partial charge in [-0.3, -0.25) is 4.79 Å². The standard InChI is InChI=1S/C12H16OSi/c1-14(2,3)12-8-11(13)9-6-4-5-7-10(9)12/h4-7,12H,8H2,1-3H3/t12-/m1/s1. The fourth-order valence-corrected chi connectivity index (χ4v) is 4.22. The number of hydrogen-bond acceptors (Lipinski definition) is 1. The minimum absolute atomic E-state index is 0.341. The van der Waals surface area contributed by atoms with Crippen LogP contribution < -0.4 is 0 Å². The van der Waals surface area contributed by atoms with Gasteiger partial charge in [0, 0.05) is 12.0 Å². The molecule has 14 heavy (non-hydrogen) atoms. The van der Waals surface area contributed by atoms with Gasteiger partial charge < -0.3 is 0 Å². The van der Waals surface area contributed by atoms with Crippen LogP contribution >= 0.6 is 0 Å². The van der Waals surface area contributed by atoms with Crippen molar-refractivity contribution in [2.24, 2.45) is 0 Å². The summed E-state index contributed by atoms with van der Waals surface area (Å²) < 4.78 is 0. The highest BCUT2D eigenvalue weighted by Crippen LogP contribution is 2.38. The average molecular weight is 204 g/mol. The highest BCUT2D eigenvalue weighted by Gasteiger charge is 2.37. The van der Waals surface area contributed by atoms with Crippen LogP contribution in [-0.2, 0) is 0 Å². The van der Waals surface area contributed by atoms with E-state index in [-0.39, 0.29) is 0 Å². The third-order valence-corrected chi connectivity index (χ3v) is 5.68. The highest BCUT2D eigenvalue weighted by atomic mass is 28.3. The molecule has 0 radical (unpaired) electrons. The first-order valence-corrected chi connectivity index (χ1v) is 8.70. The van der Waals surface area contributed by atoms with E-state index in [1.807, 2.05) is 18.2 Å². The fourth-order valence-electron chi connectivity index (χ4n) is 2.23. The van der Waals surface area contributed by atoms with Crippen LogP contribution in [-0.4, -0.2) is 13.9 Å². The zero-order valence-corrected chi connectivity index (χ0v) is 10.0. The van der Waals surface area contributed by atoms with Crippen molar-refractivity contribution in [3.05, 3.63) is 35.4 Å². The van der Waals surface area contributed by atoms with Gasteiger partial charge in [0.1, 0.15) is 0 Å². The Labute approximate surface area is 86.2 Å². The largest absolute Gasteiger partial charge is 0.294 e. The van der Waals surface area contributed by atoms with Crippen LogP contribution in [0.1, 0.15) is 27.9 Å². The van der Waals surface area contributed by atoms with Crippen LogP contribution in [0.15, 0.2) is 24.3 Å². The van der Waals surface area contributed by atoms with Crippen molar-refractivity contribution in [3.63, 3.8) is 0 Å². The van der Waals surface area contributed by atoms with E-state index in [1.54, 1.807) is 0 Å². The summed E-state index contributed by atoms with van der Waals surface area (Å²) in [5, 5.41) is 0. The van der Waals surface area contributed by atoms with Crippen LogP contribution in [0.2, 0.25) is 19.6 Å². The predicted octanol–water partition coefficient (Wildman–Crippen LogP) is 3.23. The molecule has 2 rings (SSSR count). The Kier molecular flexibility index (Phi) is 2.11. The van der Waals surface area contributed by atoms with E-state index in [2.05, 4.69) is 25.7 Å². The Morgan fingerprint density at radius 1 is 1.21 bits per heavy atom. The van der Waals surface area contributed by atoms with Gasteiger partial charge in [0.15, 0.2) is 5.78 Å². The van der Waals surface area contributed by atoms with Crippen molar-refractivity contribution in [2.75, 3.05) is 0 Å². The molecule has 1 nitrogen and oxygen atoms in total. The minimum atomic E-state index is -1.24. The maximum Gasteiger partial charge on any atom is 0.163 e. The quantitative estimate of drug-likeness (QED) is 0.642. The lowest BCUT2D eigenvalue weighted by molar-refractivity contribution is 0.0993. The summed E-state index contributed by atoms with van der Waals surface area (Å²) in [6, 6.07) is 8.11. The van der Waals surface area contributed by atoms with E-state index in [4.69, 9.17) is 0 Å². The molecule has 74 valence electrons. The molecule has 1 aliphatic carbocycles. The molecular formula is C12H16OSi. The summed E-state index contributed by atoms with van der Waals surface area (Å²) in [6.45, 7) is 7.02. The normalized spacial score (nSPS) is 21.1. The molecule has 1 atom stereocenters. The lowest BCUT2D eigenvalue weighted by Gasteiger charge is -2.24. The number of fused-ring (bicyclic) bond motifs is 1. The first kappa shape index (κ1) is 9.65. The Morgan fingerprint density at radius 2 is 1.86 bits per heavy atom. The number of hydrogen-bond donors (Lipinski definition) is 0. The number of carbonyl (C=O) groups is 1. The lowest BCUT2D eigenvalue weighted by Crippen LogP contribution is -2.29. The van der Waals surface area contributed by atoms with Gasteiger partial charge in [-0.2, -0.15) is 0 Å². The summed E-state index contributed by atoms with van der Waals surface area (Å²) in [5.74, 6) is 0.341. The summed E-state index contributed by atoms with van der Waals surface area (Å²) in [7, 11) is -1.24. The van der Waals surface area contributed by atoms with Crippen LogP contribution in [0.3, 0.4) is 0 Å². The van der Waals surface area contributed by atoms with Crippen LogP contribution in [0.5, 0.6) is 0 Å². The first-order valence-electron chi connectivity index (χ1n) is 5.12. The molecule has 0 aliphatic heterocycles. The Balaban J connectivity index is 2.50. The third-order valence-electron chi connectivity index (χ3n) is 3.07. The van der Waals surface area contributed by atoms with Crippen molar-refractivity contribution in [2.45, 2.75) is 31.6 Å². The van der Waals surface area contributed by atoms with Crippen LogP contribution in [0.4, 0.5) is 0 Å². The minimum Gasteiger partial charge on any atom is -0.294 e. The molecular weight excluding hydrogens is 188 g/mol. The molecule has 2 heteroatoms. The van der Waals surface area contributed by atoms with E-state index in [0.29, 0.717) is 11.3 Å². The molecule has 1 aliphatic rings. The van der Waals surface area contributed by atoms with Crippen LogP contribution in [0, 0.1) is 0 Å². The predicted molar refractivity (Wildman–Crippen MR) is 61.5 cm³/mol. The monoisotopic (exact) mass is 204 g/mol. The Morgan fingerprint density at radius 3 is 2.50 bits per heavy atom. The number of Topliss-reactive ketones (excluding diaryl/α,β-unsaturated/α-hetero) is 1. The molecule has 0 N–H and O–H groups in total. The molecule has 0 aromatic heterocycles. The highest BCUT2D eigenvalue weighted by molar-refractivity contribution is 6.78. The molecule has 0 heterocycles. The maximum atomic E-state index is 11.7. The Bertz CT molecular complexity index is 376. The van der Waals surface area contributed by atoms with Gasteiger partial charge in [-0.05, 0) is 11.1 Å². The zero-order valence-electron chi connectivity index (χ0n) is 9.00. The van der Waals surface area contributed by atoms with Crippen molar-refractivity contribution in [1.29, 1.82) is 0 Å². The second-order valence-electron chi connectivity index (χ2n) is 5.13. The molecule has 0 unspecified atom stereocenters. The molecule has 0 bridgehead atoms. The summed E-state index contributed by atoms with van der Waals surface area (Å²) in [5.41, 5.74) is 2.81. The topological polar surface area (TPSA) is 17.1 Å². The van der Waals surface area contributed by atoms with Gasteiger partial charge in [0.05, 0.1) is 8.07 Å². The van der Waals surface area contributed by atoms with E-state index in [9.17, 15) is 4.79 Å². The fraction of sp³-hybridized carbons (Fsp3) is 0.417. The summed E-state index contributed by atoms with van der Waals surface area (Å²) in [4.78, 5) is 11.7. The van der Waals surface area contributed by atoms with Gasteiger partial charge >= 0.3 is 0 Å². The lowest BCUT2D eigenvalue weighted by atomic mass is 10.1. The SMILES string of the molecule is C[Si](C)(C)[C@@H]1CC(=O)c2ccccc21. The number of rotatable bonds is 1. The molecule has 1 aromatic carbocycles. The summed E-state index contributed by atoms with van der Waals surface area (Å²) >= 11 is 0. The number of carbonyl (C=O) groups excluding carboxylic acids is 1.